The van der Waals surface area contributed by atoms with E-state index in [0.717, 1.165) is 15.7 Å². The predicted molar refractivity (Wildman–Crippen MR) is 64.5 cm³/mol. The fourth-order valence-corrected chi connectivity index (χ4v) is 2.34. The van der Waals surface area contributed by atoms with Crippen molar-refractivity contribution in [2.45, 2.75) is 19.4 Å². The van der Waals surface area contributed by atoms with Crippen molar-refractivity contribution in [1.29, 1.82) is 0 Å². The number of hydrogen-bond donors (Lipinski definition) is 1. The molecule has 2 nitrogen and oxygen atoms in total. The lowest BCUT2D eigenvalue weighted by Crippen LogP contribution is -2.34. The fourth-order valence-electron chi connectivity index (χ4n) is 1.57. The number of fused-ring (bicyclic) bond motifs is 1. The summed E-state index contributed by atoms with van der Waals surface area (Å²) in [5, 5.41) is 3.47. The minimum atomic E-state index is -0.360. The molecule has 0 spiro atoms. The molecular formula is C10H10BrNOS. The maximum atomic E-state index is 5.55. The molecule has 0 amide bonds. The molecule has 0 radical (unpaired) electrons. The summed E-state index contributed by atoms with van der Waals surface area (Å²) in [6.07, 6.45) is 0. The van der Waals surface area contributed by atoms with Crippen LogP contribution >= 0.6 is 28.1 Å². The monoisotopic (exact) mass is 271 g/mol. The first-order chi connectivity index (χ1) is 6.50. The summed E-state index contributed by atoms with van der Waals surface area (Å²) >= 11 is 8.52. The van der Waals surface area contributed by atoms with E-state index >= 15 is 0 Å². The van der Waals surface area contributed by atoms with Gasteiger partial charge in [0, 0.05) is 10.0 Å². The topological polar surface area (TPSA) is 21.3 Å². The Hall–Kier alpha value is -0.610. The van der Waals surface area contributed by atoms with Crippen LogP contribution in [0.15, 0.2) is 22.7 Å². The number of halogens is 1. The molecule has 0 atom stereocenters. The van der Waals surface area contributed by atoms with Crippen LogP contribution in [0.3, 0.4) is 0 Å². The van der Waals surface area contributed by atoms with Crippen molar-refractivity contribution in [2.24, 2.45) is 0 Å². The van der Waals surface area contributed by atoms with E-state index in [9.17, 15) is 0 Å². The van der Waals surface area contributed by atoms with Gasteiger partial charge in [0.25, 0.3) is 5.17 Å². The van der Waals surface area contributed by atoms with Crippen LogP contribution in [0, 0.1) is 0 Å². The number of thiocarbonyl (C=S) groups is 1. The number of nitrogens with one attached hydrogen (secondary N) is 1. The van der Waals surface area contributed by atoms with Crippen LogP contribution in [-0.2, 0) is 10.3 Å². The van der Waals surface area contributed by atoms with Crippen molar-refractivity contribution >= 4 is 39.0 Å². The van der Waals surface area contributed by atoms with Gasteiger partial charge in [-0.2, -0.15) is 0 Å². The van der Waals surface area contributed by atoms with Gasteiger partial charge in [-0.25, -0.2) is 0 Å². The Bertz CT molecular complexity index is 403. The quantitative estimate of drug-likeness (QED) is 0.731. The molecule has 1 heterocycles. The number of anilines is 1. The number of hydrogen-bond acceptors (Lipinski definition) is 2. The van der Waals surface area contributed by atoms with Crippen molar-refractivity contribution < 1.29 is 4.74 Å². The minimum absolute atomic E-state index is 0.360. The van der Waals surface area contributed by atoms with Gasteiger partial charge in [0.2, 0.25) is 0 Å². The second-order valence-electron chi connectivity index (χ2n) is 3.69. The summed E-state index contributed by atoms with van der Waals surface area (Å²) < 4.78 is 6.56. The average Bonchev–Trinajstić information content (AvgIpc) is 2.05. The van der Waals surface area contributed by atoms with E-state index in [-0.39, 0.29) is 5.60 Å². The van der Waals surface area contributed by atoms with E-state index in [0.29, 0.717) is 5.17 Å². The molecule has 74 valence electrons. The molecule has 0 aromatic heterocycles. The van der Waals surface area contributed by atoms with E-state index in [2.05, 4.69) is 21.2 Å². The Kier molecular flexibility index (Phi) is 2.27. The van der Waals surface area contributed by atoms with Crippen molar-refractivity contribution in [3.05, 3.63) is 28.2 Å². The Morgan fingerprint density at radius 3 is 2.86 bits per heavy atom. The van der Waals surface area contributed by atoms with E-state index in [1.165, 1.54) is 0 Å². The highest BCUT2D eigenvalue weighted by atomic mass is 79.9. The summed E-state index contributed by atoms with van der Waals surface area (Å²) in [7, 11) is 0. The number of rotatable bonds is 0. The van der Waals surface area contributed by atoms with Gasteiger partial charge in [-0.05, 0) is 48.1 Å². The normalized spacial score (nSPS) is 18.1. The molecule has 0 unspecified atom stereocenters. The molecule has 1 aliphatic heterocycles. The molecule has 0 aliphatic carbocycles. The van der Waals surface area contributed by atoms with Crippen LogP contribution in [0.4, 0.5) is 5.69 Å². The summed E-state index contributed by atoms with van der Waals surface area (Å²) in [6, 6.07) is 6.01. The highest BCUT2D eigenvalue weighted by molar-refractivity contribution is 9.10. The number of para-hydroxylation sites is 1. The first-order valence-corrected chi connectivity index (χ1v) is 5.50. The molecule has 1 N–H and O–H groups in total. The fraction of sp³-hybridized carbons (Fsp3) is 0.300. The molecule has 14 heavy (non-hydrogen) atoms. The molecule has 1 aliphatic rings. The van der Waals surface area contributed by atoms with Crippen LogP contribution in [0.1, 0.15) is 19.4 Å². The lowest BCUT2D eigenvalue weighted by atomic mass is 9.95. The third-order valence-corrected chi connectivity index (χ3v) is 3.08. The SMILES string of the molecule is CC1(C)OC(=S)Nc2c(Br)cccc21. The van der Waals surface area contributed by atoms with Crippen LogP contribution in [0.5, 0.6) is 0 Å². The number of benzene rings is 1. The highest BCUT2D eigenvalue weighted by Gasteiger charge is 2.32. The Labute approximate surface area is 96.8 Å². The van der Waals surface area contributed by atoms with E-state index in [1.807, 2.05) is 32.0 Å². The van der Waals surface area contributed by atoms with Crippen molar-refractivity contribution in [3.63, 3.8) is 0 Å². The Morgan fingerprint density at radius 2 is 2.14 bits per heavy atom. The van der Waals surface area contributed by atoms with Crippen molar-refractivity contribution in [2.75, 3.05) is 5.32 Å². The Morgan fingerprint density at radius 1 is 1.43 bits per heavy atom. The van der Waals surface area contributed by atoms with Crippen molar-refractivity contribution in [3.8, 4) is 0 Å². The zero-order chi connectivity index (χ0) is 10.3. The third kappa shape index (κ3) is 1.53. The number of ether oxygens (including phenoxy) is 1. The molecular weight excluding hydrogens is 262 g/mol. The van der Waals surface area contributed by atoms with Gasteiger partial charge in [0.15, 0.2) is 0 Å². The molecule has 0 fully saturated rings. The third-order valence-electron chi connectivity index (χ3n) is 2.24. The molecule has 0 bridgehead atoms. The summed E-state index contributed by atoms with van der Waals surface area (Å²) in [4.78, 5) is 0. The van der Waals surface area contributed by atoms with Gasteiger partial charge in [0.05, 0.1) is 5.69 Å². The molecule has 0 saturated heterocycles. The molecule has 4 heteroatoms. The smallest absolute Gasteiger partial charge is 0.262 e. The average molecular weight is 272 g/mol. The van der Waals surface area contributed by atoms with Crippen LogP contribution < -0.4 is 5.32 Å². The van der Waals surface area contributed by atoms with Gasteiger partial charge in [-0.1, -0.05) is 12.1 Å². The largest absolute Gasteiger partial charge is 0.460 e. The second-order valence-corrected chi connectivity index (χ2v) is 4.91. The van der Waals surface area contributed by atoms with E-state index in [1.54, 1.807) is 0 Å². The maximum absolute atomic E-state index is 5.55. The maximum Gasteiger partial charge on any atom is 0.262 e. The van der Waals surface area contributed by atoms with Crippen LogP contribution in [-0.4, -0.2) is 5.17 Å². The molecule has 0 saturated carbocycles. The van der Waals surface area contributed by atoms with Gasteiger partial charge in [0.1, 0.15) is 5.60 Å². The zero-order valence-corrected chi connectivity index (χ0v) is 10.3. The minimum Gasteiger partial charge on any atom is -0.460 e. The summed E-state index contributed by atoms with van der Waals surface area (Å²) in [5.74, 6) is 0. The standard InChI is InChI=1S/C10H10BrNOS/c1-10(2)6-4-3-5-7(11)8(6)12-9(14)13-10/h3-5H,1-2H3,(H,12,14). The van der Waals surface area contributed by atoms with Gasteiger partial charge in [-0.3, -0.25) is 0 Å². The van der Waals surface area contributed by atoms with Gasteiger partial charge < -0.3 is 10.1 Å². The predicted octanol–water partition coefficient (Wildman–Crippen LogP) is 3.41. The van der Waals surface area contributed by atoms with Crippen molar-refractivity contribution in [1.82, 2.24) is 0 Å². The molecule has 2 rings (SSSR count). The van der Waals surface area contributed by atoms with Gasteiger partial charge in [-0.15, -0.1) is 0 Å². The molecule has 1 aromatic carbocycles. The van der Waals surface area contributed by atoms with Crippen LogP contribution in [0.2, 0.25) is 0 Å². The lowest BCUT2D eigenvalue weighted by Gasteiger charge is -2.34. The first kappa shape index (κ1) is 9.93. The zero-order valence-electron chi connectivity index (χ0n) is 7.93. The lowest BCUT2D eigenvalue weighted by molar-refractivity contribution is 0.0946. The second kappa shape index (κ2) is 3.21. The van der Waals surface area contributed by atoms with E-state index < -0.39 is 0 Å². The van der Waals surface area contributed by atoms with Crippen LogP contribution in [0.25, 0.3) is 0 Å². The summed E-state index contributed by atoms with van der Waals surface area (Å²) in [5.41, 5.74) is 1.76. The Balaban J connectivity index is 2.63. The highest BCUT2D eigenvalue weighted by Crippen LogP contribution is 2.39. The molecule has 1 aromatic rings. The summed E-state index contributed by atoms with van der Waals surface area (Å²) in [6.45, 7) is 4.01. The van der Waals surface area contributed by atoms with Gasteiger partial charge >= 0.3 is 0 Å². The van der Waals surface area contributed by atoms with E-state index in [4.69, 9.17) is 17.0 Å². The first-order valence-electron chi connectivity index (χ1n) is 4.30.